The van der Waals surface area contributed by atoms with Crippen molar-refractivity contribution in [1.29, 1.82) is 0 Å². The van der Waals surface area contributed by atoms with Crippen LogP contribution in [0.4, 0.5) is 21.0 Å². The van der Waals surface area contributed by atoms with Crippen molar-refractivity contribution in [3.05, 3.63) is 59.7 Å². The number of carboxylic acid groups (broad SMARTS) is 1. The average molecular weight is 738 g/mol. The fourth-order valence-electron chi connectivity index (χ4n) is 5.55. The van der Waals surface area contributed by atoms with E-state index in [1.807, 2.05) is 20.8 Å². The molecule has 0 bridgehead atoms. The second kappa shape index (κ2) is 19.2. The van der Waals surface area contributed by atoms with Gasteiger partial charge >= 0.3 is 12.2 Å². The van der Waals surface area contributed by atoms with Gasteiger partial charge in [0, 0.05) is 30.6 Å². The van der Waals surface area contributed by atoms with Crippen molar-refractivity contribution in [3.8, 4) is 0 Å². The van der Waals surface area contributed by atoms with Gasteiger partial charge in [-0.25, -0.2) is 9.59 Å². The second-order valence-corrected chi connectivity index (χ2v) is 15.1. The normalized spacial score (nSPS) is 16.8. The number of hydrogen-bond donors (Lipinski definition) is 6. The van der Waals surface area contributed by atoms with E-state index in [1.54, 1.807) is 76.2 Å². The number of benzene rings is 2. The Morgan fingerprint density at radius 2 is 1.28 bits per heavy atom. The van der Waals surface area contributed by atoms with E-state index in [9.17, 15) is 28.8 Å². The quantitative estimate of drug-likeness (QED) is 0.0812. The van der Waals surface area contributed by atoms with Gasteiger partial charge in [-0.2, -0.15) is 0 Å². The number of unbranched alkanes of at least 4 members (excludes halogenated alkanes) is 2. The molecule has 0 aliphatic carbocycles. The van der Waals surface area contributed by atoms with Crippen molar-refractivity contribution in [2.24, 2.45) is 5.92 Å². The van der Waals surface area contributed by atoms with Crippen LogP contribution in [-0.4, -0.2) is 76.7 Å². The van der Waals surface area contributed by atoms with Crippen LogP contribution >= 0.6 is 0 Å². The monoisotopic (exact) mass is 737 g/mol. The first kappa shape index (κ1) is 42.4. The summed E-state index contributed by atoms with van der Waals surface area (Å²) in [6.45, 7) is 13.1. The minimum atomic E-state index is -1.22. The summed E-state index contributed by atoms with van der Waals surface area (Å²) in [5.74, 6) is -1.71. The lowest BCUT2D eigenvalue weighted by Gasteiger charge is -2.27. The topological polar surface area (TPSA) is 205 Å². The predicted molar refractivity (Wildman–Crippen MR) is 201 cm³/mol. The molecule has 53 heavy (non-hydrogen) atoms. The number of amides is 5. The van der Waals surface area contributed by atoms with Gasteiger partial charge in [0.2, 0.25) is 17.7 Å². The Morgan fingerprint density at radius 1 is 0.792 bits per heavy atom. The van der Waals surface area contributed by atoms with Crippen LogP contribution in [0, 0.1) is 5.92 Å². The first-order chi connectivity index (χ1) is 24.9. The zero-order valence-electron chi connectivity index (χ0n) is 31.8. The maximum absolute atomic E-state index is 14.0. The third-order valence-electron chi connectivity index (χ3n) is 8.41. The van der Waals surface area contributed by atoms with Crippen LogP contribution in [0.15, 0.2) is 48.5 Å². The van der Waals surface area contributed by atoms with Crippen molar-refractivity contribution < 1.29 is 43.3 Å². The number of ether oxygens (including phenoxy) is 2. The molecule has 1 heterocycles. The molecule has 2 aromatic carbocycles. The Bertz CT molecular complexity index is 1580. The molecule has 1 aliphatic heterocycles. The maximum atomic E-state index is 14.0. The number of nitrogens with one attached hydrogen (secondary N) is 5. The maximum Gasteiger partial charge on any atom is 0.412 e. The van der Waals surface area contributed by atoms with Gasteiger partial charge in [0.05, 0.1) is 12.6 Å². The van der Waals surface area contributed by atoms with E-state index in [0.29, 0.717) is 35.3 Å². The highest BCUT2D eigenvalue weighted by Crippen LogP contribution is 2.30. The number of carbonyl (C=O) groups is 6. The number of ketones is 1. The van der Waals surface area contributed by atoms with E-state index >= 15 is 0 Å². The smallest absolute Gasteiger partial charge is 0.412 e. The summed E-state index contributed by atoms with van der Waals surface area (Å²) >= 11 is 0. The molecule has 0 spiro atoms. The van der Waals surface area contributed by atoms with Crippen molar-refractivity contribution in [3.63, 3.8) is 0 Å². The molecule has 0 saturated carbocycles. The molecule has 1 aliphatic rings. The number of rotatable bonds is 19. The number of hydrogen-bond acceptors (Lipinski definition) is 8. The molecule has 3 rings (SSSR count). The molecule has 0 unspecified atom stereocenters. The summed E-state index contributed by atoms with van der Waals surface area (Å²) in [5, 5.41) is 22.5. The van der Waals surface area contributed by atoms with Gasteiger partial charge in [0.1, 0.15) is 23.3 Å². The van der Waals surface area contributed by atoms with Crippen LogP contribution in [0.3, 0.4) is 0 Å². The molecular formula is C39H55N5O9. The van der Waals surface area contributed by atoms with E-state index in [4.69, 9.17) is 14.6 Å². The summed E-state index contributed by atoms with van der Waals surface area (Å²) < 4.78 is 10.7. The third-order valence-corrected chi connectivity index (χ3v) is 8.41. The summed E-state index contributed by atoms with van der Waals surface area (Å²) in [7, 11) is 0. The number of anilines is 2. The van der Waals surface area contributed by atoms with Gasteiger partial charge in [-0.3, -0.25) is 29.8 Å². The molecule has 14 nitrogen and oxygen atoms in total. The summed E-state index contributed by atoms with van der Waals surface area (Å²) in [6, 6.07) is 10.00. The Labute approximate surface area is 311 Å². The lowest BCUT2D eigenvalue weighted by atomic mass is 9.93. The first-order valence-electron chi connectivity index (χ1n) is 18.1. The standard InChI is InChI=1S/C39H55N5O9/c1-8-9-10-11-32(45)42-30(21-25-12-16-27(17-13-25)40-36(49)50)34(47)44-31(35(48)43-29(20-24(2)3)33(46)39(7)23-52-39)22-26-14-18-28(19-15-26)41-37(51)53-38(4,5)6/h12-19,24,29-31,40H,8-11,20-23H2,1-7H3,(H,41,51)(H,42,45)(H,43,48)(H,44,47)(H,49,50)/t29-,30+,31-,39+/m0/s1. The van der Waals surface area contributed by atoms with Crippen LogP contribution < -0.4 is 26.6 Å². The van der Waals surface area contributed by atoms with Crippen molar-refractivity contribution >= 4 is 47.1 Å². The molecule has 2 aromatic rings. The highest BCUT2D eigenvalue weighted by atomic mass is 16.6. The fraction of sp³-hybridized carbons (Fsp3) is 0.538. The number of carbonyl (C=O) groups excluding carboxylic acids is 5. The van der Waals surface area contributed by atoms with E-state index in [0.717, 1.165) is 12.8 Å². The summed E-state index contributed by atoms with van der Waals surface area (Å²) in [5.41, 5.74) is 0.421. The van der Waals surface area contributed by atoms with Gasteiger partial charge < -0.3 is 30.5 Å². The minimum absolute atomic E-state index is 0.0212. The second-order valence-electron chi connectivity index (χ2n) is 15.1. The van der Waals surface area contributed by atoms with E-state index in [-0.39, 0.29) is 43.5 Å². The first-order valence-corrected chi connectivity index (χ1v) is 18.1. The van der Waals surface area contributed by atoms with E-state index < -0.39 is 53.3 Å². The fourth-order valence-corrected chi connectivity index (χ4v) is 5.55. The molecule has 4 atom stereocenters. The van der Waals surface area contributed by atoms with Crippen LogP contribution in [0.5, 0.6) is 0 Å². The lowest BCUT2D eigenvalue weighted by Crippen LogP contribution is -2.57. The van der Waals surface area contributed by atoms with Gasteiger partial charge in [-0.05, 0) is 81.8 Å². The zero-order chi connectivity index (χ0) is 39.3. The molecule has 14 heteroatoms. The Morgan fingerprint density at radius 3 is 1.74 bits per heavy atom. The molecule has 6 N–H and O–H groups in total. The third kappa shape index (κ3) is 14.9. The van der Waals surface area contributed by atoms with Crippen LogP contribution in [0.25, 0.3) is 0 Å². The van der Waals surface area contributed by atoms with Gasteiger partial charge in [0.25, 0.3) is 0 Å². The van der Waals surface area contributed by atoms with Crippen molar-refractivity contribution in [1.82, 2.24) is 16.0 Å². The molecule has 0 radical (unpaired) electrons. The zero-order valence-corrected chi connectivity index (χ0v) is 31.8. The molecular weight excluding hydrogens is 682 g/mol. The largest absolute Gasteiger partial charge is 0.465 e. The Balaban J connectivity index is 1.89. The Kier molecular flexibility index (Phi) is 15.4. The van der Waals surface area contributed by atoms with Crippen molar-refractivity contribution in [2.75, 3.05) is 17.2 Å². The summed E-state index contributed by atoms with van der Waals surface area (Å²) in [6.07, 6.45) is 1.21. The molecule has 290 valence electrons. The van der Waals surface area contributed by atoms with E-state index in [1.165, 1.54) is 0 Å². The molecule has 0 aromatic heterocycles. The molecule has 5 amide bonds. The summed E-state index contributed by atoms with van der Waals surface area (Å²) in [4.78, 5) is 77.8. The minimum Gasteiger partial charge on any atom is -0.465 e. The lowest BCUT2D eigenvalue weighted by molar-refractivity contribution is -0.134. The van der Waals surface area contributed by atoms with Gasteiger partial charge in [-0.1, -0.05) is 57.9 Å². The van der Waals surface area contributed by atoms with Crippen molar-refractivity contribution in [2.45, 2.75) is 123 Å². The predicted octanol–water partition coefficient (Wildman–Crippen LogP) is 5.35. The highest BCUT2D eigenvalue weighted by molar-refractivity contribution is 5.98. The number of epoxide rings is 1. The average Bonchev–Trinajstić information content (AvgIpc) is 3.82. The van der Waals surface area contributed by atoms with E-state index in [2.05, 4.69) is 26.6 Å². The van der Waals surface area contributed by atoms with Crippen LogP contribution in [0.1, 0.15) is 91.7 Å². The van der Waals surface area contributed by atoms with Gasteiger partial charge in [0.15, 0.2) is 5.78 Å². The van der Waals surface area contributed by atoms with Gasteiger partial charge in [-0.15, -0.1) is 0 Å². The van der Waals surface area contributed by atoms with Crippen LogP contribution in [-0.2, 0) is 41.5 Å². The molecule has 1 fully saturated rings. The van der Waals surface area contributed by atoms with Crippen LogP contribution in [0.2, 0.25) is 0 Å². The Hall–Kier alpha value is -4.98. The molecule has 1 saturated heterocycles. The highest BCUT2D eigenvalue weighted by Gasteiger charge is 2.50. The number of Topliss-reactive ketones (excluding diaryl/α,β-unsaturated/α-hetero) is 1. The SMILES string of the molecule is CCCCCC(=O)N[C@H](Cc1ccc(NC(=O)O)cc1)C(=O)N[C@@H](Cc1ccc(NC(=O)OC(C)(C)C)cc1)C(=O)N[C@@H](CC(C)C)C(=O)[C@@]1(C)CO1.